The molecule has 124 valence electrons. The van der Waals surface area contributed by atoms with Gasteiger partial charge in [-0.15, -0.1) is 0 Å². The lowest BCUT2D eigenvalue weighted by atomic mass is 10.1. The van der Waals surface area contributed by atoms with Crippen LogP contribution in [0.5, 0.6) is 0 Å². The van der Waals surface area contributed by atoms with E-state index in [-0.39, 0.29) is 18.5 Å². The number of carbonyl (C=O) groups is 2. The fourth-order valence-electron chi connectivity index (χ4n) is 3.12. The van der Waals surface area contributed by atoms with Gasteiger partial charge in [0.1, 0.15) is 0 Å². The fraction of sp³-hybridized carbons (Fsp3) is 0.500. The number of amides is 3. The van der Waals surface area contributed by atoms with Gasteiger partial charge in [-0.1, -0.05) is 30.7 Å². The number of hydrogen-bond donors (Lipinski definition) is 1. The Morgan fingerprint density at radius 1 is 1.17 bits per heavy atom. The average molecular weight is 337 g/mol. The van der Waals surface area contributed by atoms with Crippen molar-refractivity contribution >= 4 is 29.2 Å². The van der Waals surface area contributed by atoms with Crippen molar-refractivity contribution in [3.63, 3.8) is 0 Å². The van der Waals surface area contributed by atoms with Crippen LogP contribution in [-0.4, -0.2) is 60.6 Å². The van der Waals surface area contributed by atoms with Crippen LogP contribution in [-0.2, 0) is 4.79 Å². The van der Waals surface area contributed by atoms with Crippen molar-refractivity contribution in [2.45, 2.75) is 19.5 Å². The van der Waals surface area contributed by atoms with Crippen molar-refractivity contribution in [3.05, 3.63) is 29.3 Å². The monoisotopic (exact) mass is 336 g/mol. The minimum atomic E-state index is -0.405. The van der Waals surface area contributed by atoms with Gasteiger partial charge in [-0.3, -0.25) is 9.69 Å². The van der Waals surface area contributed by atoms with Gasteiger partial charge in [-0.05, 0) is 18.7 Å². The van der Waals surface area contributed by atoms with E-state index in [2.05, 4.69) is 22.0 Å². The molecule has 2 saturated heterocycles. The second-order valence-corrected chi connectivity index (χ2v) is 6.23. The Morgan fingerprint density at radius 2 is 1.87 bits per heavy atom. The number of anilines is 1. The molecule has 1 aromatic rings. The summed E-state index contributed by atoms with van der Waals surface area (Å²) in [4.78, 5) is 30.6. The molecule has 1 aromatic carbocycles. The summed E-state index contributed by atoms with van der Waals surface area (Å²) in [6.45, 7) is 6.82. The first-order valence-electron chi connectivity index (χ1n) is 7.94. The van der Waals surface area contributed by atoms with Gasteiger partial charge in [0.2, 0.25) is 5.91 Å². The molecule has 1 atom stereocenters. The Bertz CT molecular complexity index is 583. The van der Waals surface area contributed by atoms with E-state index in [1.165, 1.54) is 0 Å². The second-order valence-electron chi connectivity index (χ2n) is 5.82. The zero-order valence-electron chi connectivity index (χ0n) is 13.2. The SMILES string of the molecule is CCN1CCN(C2CC(=O)N(c3ccccc3Cl)C(=O)N2)CC1. The van der Waals surface area contributed by atoms with Crippen molar-refractivity contribution < 1.29 is 9.59 Å². The number of nitrogens with one attached hydrogen (secondary N) is 1. The number of halogens is 1. The number of para-hydroxylation sites is 1. The molecule has 23 heavy (non-hydrogen) atoms. The minimum absolute atomic E-state index is 0.218. The largest absolute Gasteiger partial charge is 0.330 e. The third-order valence-electron chi connectivity index (χ3n) is 4.50. The predicted molar refractivity (Wildman–Crippen MR) is 89.6 cm³/mol. The van der Waals surface area contributed by atoms with Crippen LogP contribution in [0.3, 0.4) is 0 Å². The first kappa shape index (κ1) is 16.2. The third kappa shape index (κ3) is 3.34. The molecule has 0 radical (unpaired) electrons. The van der Waals surface area contributed by atoms with Gasteiger partial charge < -0.3 is 10.2 Å². The summed E-state index contributed by atoms with van der Waals surface area (Å²) in [7, 11) is 0. The summed E-state index contributed by atoms with van der Waals surface area (Å²) in [5, 5.41) is 3.33. The summed E-state index contributed by atoms with van der Waals surface area (Å²) >= 11 is 6.12. The molecule has 3 amide bonds. The number of nitrogens with zero attached hydrogens (tertiary/aromatic N) is 3. The van der Waals surface area contributed by atoms with E-state index < -0.39 is 6.03 Å². The van der Waals surface area contributed by atoms with Crippen molar-refractivity contribution in [1.82, 2.24) is 15.1 Å². The molecule has 2 aliphatic heterocycles. The van der Waals surface area contributed by atoms with Crippen molar-refractivity contribution in [3.8, 4) is 0 Å². The van der Waals surface area contributed by atoms with E-state index in [0.717, 1.165) is 37.6 Å². The number of benzene rings is 1. The highest BCUT2D eigenvalue weighted by Gasteiger charge is 2.37. The lowest BCUT2D eigenvalue weighted by Crippen LogP contribution is -2.63. The summed E-state index contributed by atoms with van der Waals surface area (Å²) in [6.07, 6.45) is 0.0380. The van der Waals surface area contributed by atoms with E-state index in [1.807, 2.05) is 0 Å². The van der Waals surface area contributed by atoms with Crippen LogP contribution < -0.4 is 10.2 Å². The molecular weight excluding hydrogens is 316 g/mol. The van der Waals surface area contributed by atoms with Crippen LogP contribution in [0.15, 0.2) is 24.3 Å². The molecule has 0 aliphatic carbocycles. The maximum Gasteiger partial charge on any atom is 0.330 e. The van der Waals surface area contributed by atoms with E-state index in [0.29, 0.717) is 10.7 Å². The van der Waals surface area contributed by atoms with Crippen molar-refractivity contribution in [1.29, 1.82) is 0 Å². The molecule has 6 nitrogen and oxygen atoms in total. The number of rotatable bonds is 3. The van der Waals surface area contributed by atoms with Crippen LogP contribution in [0.1, 0.15) is 13.3 Å². The normalized spacial score (nSPS) is 23.9. The van der Waals surface area contributed by atoms with E-state index in [9.17, 15) is 9.59 Å². The number of likely N-dealkylation sites (N-methyl/N-ethyl adjacent to an activating group) is 1. The van der Waals surface area contributed by atoms with Gasteiger partial charge in [0.25, 0.3) is 0 Å². The van der Waals surface area contributed by atoms with Crippen molar-refractivity contribution in [2.75, 3.05) is 37.6 Å². The van der Waals surface area contributed by atoms with Gasteiger partial charge >= 0.3 is 6.03 Å². The summed E-state index contributed by atoms with van der Waals surface area (Å²) in [5.41, 5.74) is 0.436. The molecule has 2 aliphatic rings. The lowest BCUT2D eigenvalue weighted by molar-refractivity contribution is -0.120. The highest BCUT2D eigenvalue weighted by Crippen LogP contribution is 2.28. The zero-order valence-corrected chi connectivity index (χ0v) is 13.9. The predicted octanol–water partition coefficient (Wildman–Crippen LogP) is 1.75. The number of carbonyl (C=O) groups excluding carboxylic acids is 2. The average Bonchev–Trinajstić information content (AvgIpc) is 2.56. The number of urea groups is 1. The molecule has 0 saturated carbocycles. The Morgan fingerprint density at radius 3 is 2.48 bits per heavy atom. The molecule has 2 heterocycles. The minimum Gasteiger partial charge on any atom is -0.321 e. The summed E-state index contributed by atoms with van der Waals surface area (Å²) in [5.74, 6) is -0.218. The molecule has 1 N–H and O–H groups in total. The van der Waals surface area contributed by atoms with Crippen LogP contribution in [0.25, 0.3) is 0 Å². The summed E-state index contributed by atoms with van der Waals surface area (Å²) in [6, 6.07) is 6.48. The second kappa shape index (κ2) is 6.86. The van der Waals surface area contributed by atoms with E-state index in [4.69, 9.17) is 11.6 Å². The van der Waals surface area contributed by atoms with E-state index >= 15 is 0 Å². The fourth-order valence-corrected chi connectivity index (χ4v) is 3.34. The van der Waals surface area contributed by atoms with Crippen LogP contribution in [0.2, 0.25) is 5.02 Å². The van der Waals surface area contributed by atoms with Crippen LogP contribution in [0.4, 0.5) is 10.5 Å². The standard InChI is InChI=1S/C16H21ClN4O2/c1-2-19-7-9-20(10-8-19)14-11-15(22)21(16(23)18-14)13-6-4-3-5-12(13)17/h3-6,14H,2,7-11H2,1H3,(H,18,23). The number of hydrogen-bond acceptors (Lipinski definition) is 4. The number of imide groups is 1. The Hall–Kier alpha value is -1.63. The third-order valence-corrected chi connectivity index (χ3v) is 4.82. The van der Waals surface area contributed by atoms with Gasteiger partial charge in [0.15, 0.2) is 0 Å². The van der Waals surface area contributed by atoms with Gasteiger partial charge in [-0.25, -0.2) is 9.69 Å². The van der Waals surface area contributed by atoms with Crippen LogP contribution in [0, 0.1) is 0 Å². The summed E-state index contributed by atoms with van der Waals surface area (Å²) < 4.78 is 0. The Labute approximate surface area is 141 Å². The molecule has 0 aromatic heterocycles. The highest BCUT2D eigenvalue weighted by atomic mass is 35.5. The van der Waals surface area contributed by atoms with Crippen LogP contribution >= 0.6 is 11.6 Å². The quantitative estimate of drug-likeness (QED) is 0.913. The molecule has 1 unspecified atom stereocenters. The first-order chi connectivity index (χ1) is 11.1. The Kier molecular flexibility index (Phi) is 4.84. The van der Waals surface area contributed by atoms with Crippen molar-refractivity contribution in [2.24, 2.45) is 0 Å². The Balaban J connectivity index is 1.69. The maximum absolute atomic E-state index is 12.5. The first-order valence-corrected chi connectivity index (χ1v) is 8.32. The highest BCUT2D eigenvalue weighted by molar-refractivity contribution is 6.35. The van der Waals surface area contributed by atoms with Gasteiger partial charge in [0.05, 0.1) is 23.3 Å². The number of piperazine rings is 1. The van der Waals surface area contributed by atoms with Gasteiger partial charge in [-0.2, -0.15) is 0 Å². The zero-order chi connectivity index (χ0) is 16.4. The van der Waals surface area contributed by atoms with E-state index in [1.54, 1.807) is 24.3 Å². The lowest BCUT2D eigenvalue weighted by Gasteiger charge is -2.42. The van der Waals surface area contributed by atoms with Gasteiger partial charge in [0, 0.05) is 26.2 Å². The smallest absolute Gasteiger partial charge is 0.321 e. The molecule has 7 heteroatoms. The molecule has 0 spiro atoms. The molecule has 3 rings (SSSR count). The topological polar surface area (TPSA) is 55.9 Å². The molecule has 0 bridgehead atoms. The molecule has 2 fully saturated rings. The molecular formula is C16H21ClN4O2. The maximum atomic E-state index is 12.5.